The van der Waals surface area contributed by atoms with E-state index in [-0.39, 0.29) is 29.0 Å². The van der Waals surface area contributed by atoms with E-state index in [2.05, 4.69) is 31.0 Å². The zero-order chi connectivity index (χ0) is 31.9. The van der Waals surface area contributed by atoms with E-state index in [1.807, 2.05) is 0 Å². The van der Waals surface area contributed by atoms with Crippen LogP contribution in [-0.4, -0.2) is 48.8 Å². The number of alkyl halides is 7. The van der Waals surface area contributed by atoms with Gasteiger partial charge in [0.2, 0.25) is 11.9 Å². The van der Waals surface area contributed by atoms with Gasteiger partial charge in [0.1, 0.15) is 17.5 Å². The molecule has 0 unspecified atom stereocenters. The fraction of sp³-hybridized carbons (Fsp3) is 0.160. The summed E-state index contributed by atoms with van der Waals surface area (Å²) in [6.07, 6.45) is -4.95. The molecule has 0 saturated heterocycles. The van der Waals surface area contributed by atoms with Crippen LogP contribution in [0.5, 0.6) is 0 Å². The number of anilines is 5. The van der Waals surface area contributed by atoms with Crippen LogP contribution in [0.1, 0.15) is 5.56 Å². The predicted octanol–water partition coefficient (Wildman–Crippen LogP) is 6.33. The first-order valence-electron chi connectivity index (χ1n) is 11.6. The Labute approximate surface area is 242 Å². The van der Waals surface area contributed by atoms with Crippen LogP contribution in [0.15, 0.2) is 61.1 Å². The van der Waals surface area contributed by atoms with E-state index in [4.69, 9.17) is 21.5 Å². The monoisotopic (exact) mass is 633 g/mol. The molecule has 2 aromatic heterocycles. The lowest BCUT2D eigenvalue weighted by Crippen LogP contribution is -2.21. The summed E-state index contributed by atoms with van der Waals surface area (Å²) in [5, 5.41) is 19.5. The molecule has 2 aromatic carbocycles. The van der Waals surface area contributed by atoms with Gasteiger partial charge in [0.25, 0.3) is 0 Å². The van der Waals surface area contributed by atoms with Gasteiger partial charge in [-0.1, -0.05) is 12.1 Å². The molecule has 4 rings (SSSR count). The maximum Gasteiger partial charge on any atom is 0.490 e. The number of aliphatic carboxylic acids is 1. The standard InChI is InChI=1S/C23H18ClF4N7O.C2HF3O2/c1-35-12-16(10-30-35)32-22-29-11-17(13-2-4-14(5-3-13)23(26,27)28)21(34-22)33-19-8-15(6-7-18(19)25)31-20(36)9-24;3-2(4,5)1(6)7/h2-8,10-12H,9H2,1H3,(H,31,36)(H2,29,32,33,34);(H,6,7). The highest BCUT2D eigenvalue weighted by Crippen LogP contribution is 2.34. The van der Waals surface area contributed by atoms with Crippen LogP contribution in [0.25, 0.3) is 11.1 Å². The van der Waals surface area contributed by atoms with Gasteiger partial charge < -0.3 is 21.1 Å². The van der Waals surface area contributed by atoms with Gasteiger partial charge in [0, 0.05) is 30.7 Å². The number of hydrogen-bond acceptors (Lipinski definition) is 7. The molecule has 0 spiro atoms. The summed E-state index contributed by atoms with van der Waals surface area (Å²) in [6.45, 7) is 0. The molecule has 4 N–H and O–H groups in total. The Hall–Kier alpha value is -4.93. The molecule has 0 aliphatic heterocycles. The molecule has 228 valence electrons. The van der Waals surface area contributed by atoms with E-state index in [1.165, 1.54) is 30.5 Å². The van der Waals surface area contributed by atoms with Crippen molar-refractivity contribution in [1.29, 1.82) is 0 Å². The average Bonchev–Trinajstić information content (AvgIpc) is 3.34. The summed E-state index contributed by atoms with van der Waals surface area (Å²) in [5.74, 6) is -3.94. The second-order valence-corrected chi connectivity index (χ2v) is 8.63. The van der Waals surface area contributed by atoms with Gasteiger partial charge in [-0.3, -0.25) is 9.48 Å². The Balaban J connectivity index is 0.000000646. The van der Waals surface area contributed by atoms with E-state index in [0.717, 1.165) is 18.2 Å². The Bertz CT molecular complexity index is 1590. The first kappa shape index (κ1) is 32.6. The number of carbonyl (C=O) groups is 2. The number of halogens is 8. The van der Waals surface area contributed by atoms with Gasteiger partial charge >= 0.3 is 18.3 Å². The molecular formula is C25H19ClF7N7O3. The Morgan fingerprint density at radius 2 is 1.63 bits per heavy atom. The number of carboxylic acids is 1. The van der Waals surface area contributed by atoms with Crippen LogP contribution in [0.3, 0.4) is 0 Å². The molecule has 0 saturated carbocycles. The molecule has 0 aliphatic rings. The van der Waals surface area contributed by atoms with E-state index in [1.54, 1.807) is 24.1 Å². The lowest BCUT2D eigenvalue weighted by Gasteiger charge is -2.15. The van der Waals surface area contributed by atoms with Crippen LogP contribution in [-0.2, 0) is 22.8 Å². The number of benzene rings is 2. The van der Waals surface area contributed by atoms with Gasteiger partial charge in [-0.05, 0) is 35.9 Å². The maximum atomic E-state index is 14.6. The predicted molar refractivity (Wildman–Crippen MR) is 142 cm³/mol. The van der Waals surface area contributed by atoms with Crippen LogP contribution < -0.4 is 16.0 Å². The molecular weight excluding hydrogens is 615 g/mol. The number of nitrogens with zero attached hydrogens (tertiary/aromatic N) is 4. The largest absolute Gasteiger partial charge is 0.490 e. The molecule has 2 heterocycles. The fourth-order valence-corrected chi connectivity index (χ4v) is 3.29. The van der Waals surface area contributed by atoms with Gasteiger partial charge in [0.05, 0.1) is 23.1 Å². The molecule has 0 aliphatic carbocycles. The number of nitrogens with one attached hydrogen (secondary N) is 3. The minimum Gasteiger partial charge on any atom is -0.475 e. The first-order chi connectivity index (χ1) is 20.1. The Morgan fingerprint density at radius 3 is 2.16 bits per heavy atom. The van der Waals surface area contributed by atoms with Crippen molar-refractivity contribution in [3.63, 3.8) is 0 Å². The van der Waals surface area contributed by atoms with Crippen molar-refractivity contribution in [2.45, 2.75) is 12.4 Å². The normalized spacial score (nSPS) is 11.3. The second kappa shape index (κ2) is 13.4. The minimum absolute atomic E-state index is 0.0402. The SMILES string of the molecule is Cn1cc(Nc2ncc(-c3ccc(C(F)(F)F)cc3)c(Nc3cc(NC(=O)CCl)ccc3F)n2)cn1.O=C(O)C(F)(F)F. The van der Waals surface area contributed by atoms with Crippen molar-refractivity contribution in [1.82, 2.24) is 19.7 Å². The number of carboxylic acid groups (broad SMARTS) is 1. The lowest BCUT2D eigenvalue weighted by molar-refractivity contribution is -0.192. The third kappa shape index (κ3) is 9.29. The van der Waals surface area contributed by atoms with Crippen molar-refractivity contribution >= 4 is 52.3 Å². The van der Waals surface area contributed by atoms with Crippen LogP contribution in [0, 0.1) is 5.82 Å². The highest BCUT2D eigenvalue weighted by Gasteiger charge is 2.38. The van der Waals surface area contributed by atoms with Gasteiger partial charge in [0.15, 0.2) is 0 Å². The number of amides is 1. The number of hydrogen-bond donors (Lipinski definition) is 4. The van der Waals surface area contributed by atoms with Crippen molar-refractivity contribution in [2.24, 2.45) is 7.05 Å². The highest BCUT2D eigenvalue weighted by molar-refractivity contribution is 6.29. The first-order valence-corrected chi connectivity index (χ1v) is 12.1. The van der Waals surface area contributed by atoms with Crippen molar-refractivity contribution in [3.8, 4) is 11.1 Å². The zero-order valence-corrected chi connectivity index (χ0v) is 22.3. The summed E-state index contributed by atoms with van der Waals surface area (Å²) >= 11 is 5.51. The third-order valence-electron chi connectivity index (χ3n) is 5.14. The van der Waals surface area contributed by atoms with Crippen molar-refractivity contribution < 1.29 is 45.4 Å². The number of carbonyl (C=O) groups excluding carboxylic acids is 1. The minimum atomic E-state index is -5.08. The van der Waals surface area contributed by atoms with Gasteiger partial charge in [-0.25, -0.2) is 14.2 Å². The smallest absolute Gasteiger partial charge is 0.475 e. The molecule has 43 heavy (non-hydrogen) atoms. The zero-order valence-electron chi connectivity index (χ0n) is 21.6. The summed E-state index contributed by atoms with van der Waals surface area (Å²) in [4.78, 5) is 29.2. The molecule has 4 aromatic rings. The van der Waals surface area contributed by atoms with E-state index >= 15 is 0 Å². The summed E-state index contributed by atoms with van der Waals surface area (Å²) in [6, 6.07) is 8.25. The summed E-state index contributed by atoms with van der Waals surface area (Å²) in [7, 11) is 1.73. The molecule has 0 radical (unpaired) electrons. The maximum absolute atomic E-state index is 14.6. The Morgan fingerprint density at radius 1 is 0.977 bits per heavy atom. The topological polar surface area (TPSA) is 134 Å². The second-order valence-electron chi connectivity index (χ2n) is 8.36. The van der Waals surface area contributed by atoms with Gasteiger partial charge in [-0.2, -0.15) is 36.4 Å². The molecule has 0 atom stereocenters. The number of aromatic nitrogens is 4. The van der Waals surface area contributed by atoms with Crippen LogP contribution >= 0.6 is 11.6 Å². The molecule has 18 heteroatoms. The highest BCUT2D eigenvalue weighted by atomic mass is 35.5. The van der Waals surface area contributed by atoms with Gasteiger partial charge in [-0.15, -0.1) is 11.6 Å². The number of aryl methyl sites for hydroxylation is 1. The summed E-state index contributed by atoms with van der Waals surface area (Å²) < 4.78 is 87.0. The quantitative estimate of drug-likeness (QED) is 0.137. The van der Waals surface area contributed by atoms with Crippen LogP contribution in [0.4, 0.5) is 59.6 Å². The summed E-state index contributed by atoms with van der Waals surface area (Å²) in [5.41, 5.74) is 0.693. The fourth-order valence-electron chi connectivity index (χ4n) is 3.22. The van der Waals surface area contributed by atoms with Crippen molar-refractivity contribution in [3.05, 3.63) is 72.4 Å². The molecule has 0 fully saturated rings. The molecule has 0 bridgehead atoms. The molecule has 10 nitrogen and oxygen atoms in total. The third-order valence-corrected chi connectivity index (χ3v) is 5.38. The van der Waals surface area contributed by atoms with E-state index in [0.29, 0.717) is 16.8 Å². The number of rotatable bonds is 7. The average molecular weight is 634 g/mol. The lowest BCUT2D eigenvalue weighted by atomic mass is 10.1. The van der Waals surface area contributed by atoms with Crippen molar-refractivity contribution in [2.75, 3.05) is 21.8 Å². The van der Waals surface area contributed by atoms with Crippen LogP contribution in [0.2, 0.25) is 0 Å². The van der Waals surface area contributed by atoms with E-state index < -0.39 is 35.6 Å². The molecule has 1 amide bonds. The van der Waals surface area contributed by atoms with E-state index in [9.17, 15) is 35.5 Å². The Kier molecular flexibility index (Phi) is 10.1.